The summed E-state index contributed by atoms with van der Waals surface area (Å²) in [5.41, 5.74) is 8.24. The first-order chi connectivity index (χ1) is 19.7. The van der Waals surface area contributed by atoms with E-state index in [0.29, 0.717) is 25.2 Å². The molecule has 2 aromatic carbocycles. The molecule has 0 spiro atoms. The number of benzene rings is 2. The lowest BCUT2D eigenvalue weighted by molar-refractivity contribution is -0.138. The topological polar surface area (TPSA) is 52.1 Å². The average Bonchev–Trinajstić information content (AvgIpc) is 3.46. The molecule has 0 radical (unpaired) electrons. The zero-order chi connectivity index (χ0) is 29.3. The minimum Gasteiger partial charge on any atom is -0.392 e. The van der Waals surface area contributed by atoms with Gasteiger partial charge < -0.3 is 15.0 Å². The van der Waals surface area contributed by atoms with Crippen molar-refractivity contribution >= 4 is 28.4 Å². The second-order valence-electron chi connectivity index (χ2n) is 10.4. The molecule has 0 aliphatic carbocycles. The summed E-state index contributed by atoms with van der Waals surface area (Å²) in [6.07, 6.45) is 2.43. The Kier molecular flexibility index (Phi) is 8.04. The van der Waals surface area contributed by atoms with Crippen LogP contribution in [0.15, 0.2) is 66.0 Å². The zero-order valence-electron chi connectivity index (χ0n) is 23.4. The minimum atomic E-state index is -4.67. The fourth-order valence-electron chi connectivity index (χ4n) is 5.78. The lowest BCUT2D eigenvalue weighted by Crippen LogP contribution is -2.34. The second-order valence-corrected chi connectivity index (χ2v) is 10.4. The van der Waals surface area contributed by atoms with Crippen LogP contribution in [-0.4, -0.2) is 28.2 Å². The van der Waals surface area contributed by atoms with Crippen LogP contribution < -0.4 is 4.90 Å². The number of aliphatic hydroxyl groups excluding tert-OH is 1. The number of allylic oxidation sites excluding steroid dienone is 1. The van der Waals surface area contributed by atoms with Crippen LogP contribution in [0.25, 0.3) is 22.6 Å². The number of H-pyrrole nitrogens is 1. The van der Waals surface area contributed by atoms with E-state index in [-0.39, 0.29) is 19.0 Å². The molecule has 1 aliphatic heterocycles. The van der Waals surface area contributed by atoms with Crippen LogP contribution in [-0.2, 0) is 25.6 Å². The second kappa shape index (κ2) is 11.5. The van der Waals surface area contributed by atoms with E-state index in [1.165, 1.54) is 16.7 Å². The molecule has 0 amide bonds. The first-order valence-corrected chi connectivity index (χ1v) is 13.9. The quantitative estimate of drug-likeness (QED) is 0.233. The smallest absolute Gasteiger partial charge is 0.392 e. The van der Waals surface area contributed by atoms with Gasteiger partial charge in [0.15, 0.2) is 11.6 Å². The maximum absolute atomic E-state index is 15.0. The number of hydrogen-bond acceptors (Lipinski definition) is 3. The lowest BCUT2D eigenvalue weighted by Gasteiger charge is -2.33. The monoisotopic (exact) mass is 563 g/mol. The summed E-state index contributed by atoms with van der Waals surface area (Å²) in [5.74, 6) is -1.08. The molecule has 1 saturated heterocycles. The van der Waals surface area contributed by atoms with E-state index in [1.807, 2.05) is 31.3 Å². The lowest BCUT2D eigenvalue weighted by atomic mass is 9.86. The summed E-state index contributed by atoms with van der Waals surface area (Å²) in [6.45, 7) is 6.89. The number of pyridine rings is 1. The van der Waals surface area contributed by atoms with Crippen molar-refractivity contribution in [1.82, 2.24) is 9.97 Å². The predicted molar refractivity (Wildman–Crippen MR) is 156 cm³/mol. The Balaban J connectivity index is 1.66. The van der Waals surface area contributed by atoms with Gasteiger partial charge in [-0.3, -0.25) is 0 Å². The van der Waals surface area contributed by atoms with Gasteiger partial charge in [0.05, 0.1) is 17.7 Å². The third-order valence-corrected chi connectivity index (χ3v) is 8.04. The normalized spacial score (nSPS) is 16.6. The van der Waals surface area contributed by atoms with E-state index in [1.54, 1.807) is 4.90 Å². The van der Waals surface area contributed by atoms with Gasteiger partial charge in [-0.05, 0) is 77.3 Å². The average molecular weight is 564 g/mol. The van der Waals surface area contributed by atoms with Crippen molar-refractivity contribution in [3.63, 3.8) is 0 Å². The Morgan fingerprint density at radius 2 is 1.80 bits per heavy atom. The summed E-state index contributed by atoms with van der Waals surface area (Å²) in [4.78, 5) is 8.85. The van der Waals surface area contributed by atoms with Crippen molar-refractivity contribution in [3.05, 3.63) is 105 Å². The molecule has 0 bridgehead atoms. The van der Waals surface area contributed by atoms with Crippen molar-refractivity contribution in [2.45, 2.75) is 52.8 Å². The standard InChI is InChI=1S/C33H33F4N3O/c1-4-21-7-6-8-22(5-2)28(21)15-23-12-14-40(32-30(34)16-25(17-39-32)33(35,36)37)18-29(23)20(3)26-10-9-24(19-41)31-27(26)11-13-38-31/h6-11,13,15-17,38,41H,4-5,12,14,18-19H2,1-3H3/b23-15-,29-20+. The number of nitrogens with zero attached hydrogens (tertiary/aromatic N) is 2. The highest BCUT2D eigenvalue weighted by Crippen LogP contribution is 2.38. The van der Waals surface area contributed by atoms with E-state index >= 15 is 4.39 Å². The molecule has 4 aromatic rings. The molecule has 1 fully saturated rings. The Morgan fingerprint density at radius 1 is 1.07 bits per heavy atom. The fourth-order valence-corrected chi connectivity index (χ4v) is 5.78. The maximum Gasteiger partial charge on any atom is 0.417 e. The molecule has 0 saturated carbocycles. The summed E-state index contributed by atoms with van der Waals surface area (Å²) in [5, 5.41) is 10.8. The zero-order valence-corrected chi connectivity index (χ0v) is 23.4. The molecule has 5 rings (SSSR count). The Labute approximate surface area is 237 Å². The molecule has 3 heterocycles. The van der Waals surface area contributed by atoms with Crippen LogP contribution >= 0.6 is 0 Å². The van der Waals surface area contributed by atoms with E-state index in [4.69, 9.17) is 0 Å². The third kappa shape index (κ3) is 5.53. The number of piperidine rings is 1. The Hall–Kier alpha value is -3.91. The van der Waals surface area contributed by atoms with Crippen molar-refractivity contribution < 1.29 is 22.7 Å². The molecule has 8 heteroatoms. The van der Waals surface area contributed by atoms with E-state index in [0.717, 1.165) is 51.6 Å². The van der Waals surface area contributed by atoms with Gasteiger partial charge in [-0.25, -0.2) is 9.37 Å². The molecule has 2 aromatic heterocycles. The Morgan fingerprint density at radius 3 is 2.44 bits per heavy atom. The summed E-state index contributed by atoms with van der Waals surface area (Å²) < 4.78 is 54.6. The highest BCUT2D eigenvalue weighted by molar-refractivity contribution is 5.95. The van der Waals surface area contributed by atoms with Gasteiger partial charge in [-0.1, -0.05) is 50.3 Å². The third-order valence-electron chi connectivity index (χ3n) is 8.04. The minimum absolute atomic E-state index is 0.0898. The van der Waals surface area contributed by atoms with Crippen molar-refractivity contribution in [3.8, 4) is 0 Å². The van der Waals surface area contributed by atoms with Gasteiger partial charge in [-0.2, -0.15) is 13.2 Å². The number of hydrogen-bond donors (Lipinski definition) is 2. The summed E-state index contributed by atoms with van der Waals surface area (Å²) in [7, 11) is 0. The highest BCUT2D eigenvalue weighted by atomic mass is 19.4. The molecule has 4 nitrogen and oxygen atoms in total. The van der Waals surface area contributed by atoms with Crippen LogP contribution in [0.4, 0.5) is 23.4 Å². The number of anilines is 1. The largest absolute Gasteiger partial charge is 0.417 e. The first kappa shape index (κ1) is 28.6. The fraction of sp³-hybridized carbons (Fsp3) is 0.303. The van der Waals surface area contributed by atoms with Crippen molar-refractivity contribution in [2.75, 3.05) is 18.0 Å². The van der Waals surface area contributed by atoms with Crippen LogP contribution in [0.2, 0.25) is 0 Å². The number of fused-ring (bicyclic) bond motifs is 1. The number of nitrogens with one attached hydrogen (secondary N) is 1. The molecule has 0 unspecified atom stereocenters. The number of aromatic amines is 1. The van der Waals surface area contributed by atoms with E-state index < -0.39 is 17.6 Å². The van der Waals surface area contributed by atoms with Gasteiger partial charge in [-0.15, -0.1) is 0 Å². The number of aromatic nitrogens is 2. The molecule has 0 atom stereocenters. The Bertz CT molecular complexity index is 1630. The summed E-state index contributed by atoms with van der Waals surface area (Å²) >= 11 is 0. The van der Waals surface area contributed by atoms with Gasteiger partial charge in [0.1, 0.15) is 0 Å². The number of aryl methyl sites for hydroxylation is 2. The molecule has 1 aliphatic rings. The van der Waals surface area contributed by atoms with Gasteiger partial charge >= 0.3 is 6.18 Å². The van der Waals surface area contributed by atoms with Crippen molar-refractivity contribution in [2.24, 2.45) is 0 Å². The molecular formula is C33H33F4N3O. The highest BCUT2D eigenvalue weighted by Gasteiger charge is 2.33. The van der Waals surface area contributed by atoms with Gasteiger partial charge in [0.25, 0.3) is 0 Å². The molecule has 2 N–H and O–H groups in total. The van der Waals surface area contributed by atoms with Crippen LogP contribution in [0.3, 0.4) is 0 Å². The van der Waals surface area contributed by atoms with Crippen LogP contribution in [0.5, 0.6) is 0 Å². The van der Waals surface area contributed by atoms with Crippen molar-refractivity contribution in [1.29, 1.82) is 0 Å². The van der Waals surface area contributed by atoms with Crippen LogP contribution in [0, 0.1) is 5.82 Å². The number of alkyl halides is 3. The number of rotatable bonds is 6. The number of aliphatic hydroxyl groups is 1. The first-order valence-electron chi connectivity index (χ1n) is 13.9. The predicted octanol–water partition coefficient (Wildman–Crippen LogP) is 8.11. The van der Waals surface area contributed by atoms with E-state index in [9.17, 15) is 18.3 Å². The maximum atomic E-state index is 15.0. The van der Waals surface area contributed by atoms with Gasteiger partial charge in [0, 0.05) is 36.4 Å². The number of halogens is 4. The molecular weight excluding hydrogens is 530 g/mol. The molecule has 214 valence electrons. The van der Waals surface area contributed by atoms with Gasteiger partial charge in [0.2, 0.25) is 0 Å². The van der Waals surface area contributed by atoms with Crippen LogP contribution in [0.1, 0.15) is 60.6 Å². The SMILES string of the molecule is CCc1cccc(CC)c1/C=C1/CCN(c2ncc(C(F)(F)F)cc2F)C/C1=C(/C)c1ccc(CO)c2[nH]ccc12. The molecule has 41 heavy (non-hydrogen) atoms. The summed E-state index contributed by atoms with van der Waals surface area (Å²) in [6, 6.07) is 12.7. The van der Waals surface area contributed by atoms with E-state index in [2.05, 4.69) is 48.1 Å².